The molecule has 1 atom stereocenters. The van der Waals surface area contributed by atoms with Gasteiger partial charge in [-0.3, -0.25) is 4.79 Å². The molecule has 10 rings (SSSR count). The Morgan fingerprint density at radius 3 is 2.47 bits per heavy atom. The van der Waals surface area contributed by atoms with Crippen LogP contribution < -0.4 is 9.64 Å². The lowest BCUT2D eigenvalue weighted by Gasteiger charge is -2.55. The smallest absolute Gasteiger partial charge is 0.233 e. The summed E-state index contributed by atoms with van der Waals surface area (Å²) in [5.41, 5.74) is 4.34. The van der Waals surface area contributed by atoms with E-state index in [2.05, 4.69) is 53.5 Å². The minimum absolute atomic E-state index is 0.0442. The maximum Gasteiger partial charge on any atom is 0.233 e. The van der Waals surface area contributed by atoms with Gasteiger partial charge in [-0.15, -0.1) is 11.3 Å². The van der Waals surface area contributed by atoms with Crippen molar-refractivity contribution in [2.24, 2.45) is 16.7 Å². The van der Waals surface area contributed by atoms with E-state index in [1.54, 1.807) is 18.4 Å². The lowest BCUT2D eigenvalue weighted by atomic mass is 9.63. The zero-order valence-electron chi connectivity index (χ0n) is 24.8. The number of amides is 1. The molecular weight excluding hydrogens is 559 g/mol. The number of thiazole rings is 1. The minimum atomic E-state index is -0.859. The Morgan fingerprint density at radius 2 is 1.79 bits per heavy atom. The third-order valence-electron chi connectivity index (χ3n) is 11.0. The van der Waals surface area contributed by atoms with Gasteiger partial charge in [0.15, 0.2) is 0 Å². The molecule has 0 spiro atoms. The van der Waals surface area contributed by atoms with E-state index in [0.717, 1.165) is 63.5 Å². The number of fused-ring (bicyclic) bond motifs is 5. The van der Waals surface area contributed by atoms with E-state index in [9.17, 15) is 9.18 Å². The summed E-state index contributed by atoms with van der Waals surface area (Å²) in [6.07, 6.45) is 4.69. The number of aromatic nitrogens is 1. The van der Waals surface area contributed by atoms with Gasteiger partial charge in [0.25, 0.3) is 0 Å². The first-order valence-electron chi connectivity index (χ1n) is 15.5. The molecule has 2 aliphatic heterocycles. The molecule has 6 fully saturated rings. The third kappa shape index (κ3) is 4.41. The van der Waals surface area contributed by atoms with Gasteiger partial charge in [0.1, 0.15) is 11.9 Å². The van der Waals surface area contributed by atoms with Crippen LogP contribution in [0.2, 0.25) is 0 Å². The van der Waals surface area contributed by atoms with Gasteiger partial charge in [0, 0.05) is 17.6 Å². The lowest BCUT2D eigenvalue weighted by Crippen LogP contribution is -2.57. The van der Waals surface area contributed by atoms with Crippen LogP contribution in [0.1, 0.15) is 55.5 Å². The number of alkyl halides is 1. The summed E-state index contributed by atoms with van der Waals surface area (Å²) in [5, 5.41) is 1.05. The number of aryl methyl sites for hydroxylation is 1. The van der Waals surface area contributed by atoms with Crippen LogP contribution in [0.25, 0.3) is 21.3 Å². The molecule has 222 valence electrons. The first-order valence-corrected chi connectivity index (χ1v) is 16.3. The molecule has 1 amide bonds. The summed E-state index contributed by atoms with van der Waals surface area (Å²) >= 11 is 1.70. The van der Waals surface area contributed by atoms with Crippen molar-refractivity contribution < 1.29 is 18.7 Å². The number of benzene rings is 3. The van der Waals surface area contributed by atoms with E-state index in [0.29, 0.717) is 32.4 Å². The van der Waals surface area contributed by atoms with Gasteiger partial charge >= 0.3 is 0 Å². The maximum atomic E-state index is 14.7. The van der Waals surface area contributed by atoms with E-state index in [1.165, 1.54) is 5.56 Å². The largest absolute Gasteiger partial charge is 0.497 e. The van der Waals surface area contributed by atoms with Gasteiger partial charge in [-0.05, 0) is 111 Å². The molecule has 2 saturated heterocycles. The van der Waals surface area contributed by atoms with Crippen molar-refractivity contribution in [3.8, 4) is 16.9 Å². The average Bonchev–Trinajstić information content (AvgIpc) is 3.69. The number of anilines is 1. The highest BCUT2D eigenvalue weighted by molar-refractivity contribution is 7.18. The number of halogens is 1. The molecule has 4 saturated carbocycles. The zero-order chi connectivity index (χ0) is 29.4. The molecule has 7 heteroatoms. The molecule has 1 aromatic heterocycles. The van der Waals surface area contributed by atoms with Crippen molar-refractivity contribution in [1.29, 1.82) is 0 Å². The number of methoxy groups -OCH3 is 1. The van der Waals surface area contributed by atoms with Crippen LogP contribution in [0, 0.1) is 23.7 Å². The van der Waals surface area contributed by atoms with Crippen LogP contribution in [0.4, 0.5) is 10.1 Å². The van der Waals surface area contributed by atoms with Crippen molar-refractivity contribution in [3.63, 3.8) is 0 Å². The second-order valence-electron chi connectivity index (χ2n) is 13.5. The monoisotopic (exact) mass is 596 g/mol. The Hall–Kier alpha value is -3.29. The molecule has 0 N–H and O–H groups in total. The van der Waals surface area contributed by atoms with Crippen LogP contribution >= 0.6 is 11.3 Å². The quantitative estimate of drug-likeness (QED) is 0.216. The van der Waals surface area contributed by atoms with E-state index in [-0.39, 0.29) is 22.8 Å². The number of hydrogen-bond donors (Lipinski definition) is 0. The van der Waals surface area contributed by atoms with Crippen LogP contribution in [0.3, 0.4) is 0 Å². The highest BCUT2D eigenvalue weighted by atomic mass is 32.1. The molecule has 1 unspecified atom stereocenters. The second kappa shape index (κ2) is 9.86. The molecular formula is C36H37FN2O3S. The Morgan fingerprint density at radius 1 is 1.02 bits per heavy atom. The van der Waals surface area contributed by atoms with Crippen LogP contribution in [-0.4, -0.2) is 37.3 Å². The fourth-order valence-electron chi connectivity index (χ4n) is 8.38. The molecule has 3 heterocycles. The SMILES string of the molecule is COc1ccc(C23CCC(CN(C(=O)C45CC(F)C(C4)C5)c4cccc(-c5ccc6nc(C)sc6c5)c4)(CC2)CO3)cc1. The van der Waals surface area contributed by atoms with E-state index in [4.69, 9.17) is 9.47 Å². The topological polar surface area (TPSA) is 51.7 Å². The van der Waals surface area contributed by atoms with Gasteiger partial charge in [-0.25, -0.2) is 9.37 Å². The second-order valence-corrected chi connectivity index (χ2v) is 14.8. The average molecular weight is 597 g/mol. The van der Waals surface area contributed by atoms with Gasteiger partial charge in [-0.1, -0.05) is 30.3 Å². The van der Waals surface area contributed by atoms with E-state index >= 15 is 0 Å². The van der Waals surface area contributed by atoms with Gasteiger partial charge in [0.2, 0.25) is 5.91 Å². The van der Waals surface area contributed by atoms with Crippen molar-refractivity contribution in [2.45, 2.75) is 63.6 Å². The Bertz CT molecular complexity index is 1680. The summed E-state index contributed by atoms with van der Waals surface area (Å²) in [7, 11) is 1.69. The minimum Gasteiger partial charge on any atom is -0.497 e. The molecule has 6 aliphatic rings. The molecule has 4 bridgehead atoms. The number of rotatable bonds is 7. The normalized spacial score (nSPS) is 30.8. The lowest BCUT2D eigenvalue weighted by molar-refractivity contribution is -0.187. The molecule has 4 aromatic rings. The number of carbonyl (C=O) groups is 1. The Kier molecular flexibility index (Phi) is 6.26. The maximum absolute atomic E-state index is 14.7. The number of hydrogen-bond acceptors (Lipinski definition) is 5. The zero-order valence-corrected chi connectivity index (χ0v) is 25.6. The molecule has 43 heavy (non-hydrogen) atoms. The molecule has 3 aromatic carbocycles. The van der Waals surface area contributed by atoms with E-state index < -0.39 is 11.6 Å². The van der Waals surface area contributed by atoms with Crippen molar-refractivity contribution >= 4 is 33.1 Å². The number of nitrogens with zero attached hydrogens (tertiary/aromatic N) is 2. The van der Waals surface area contributed by atoms with Crippen molar-refractivity contribution in [3.05, 3.63) is 77.3 Å². The Balaban J connectivity index is 1.10. The predicted octanol–water partition coefficient (Wildman–Crippen LogP) is 8.24. The summed E-state index contributed by atoms with van der Waals surface area (Å²) < 4.78 is 27.9. The van der Waals surface area contributed by atoms with Gasteiger partial charge < -0.3 is 14.4 Å². The first kappa shape index (κ1) is 27.3. The van der Waals surface area contributed by atoms with Crippen molar-refractivity contribution in [2.75, 3.05) is 25.2 Å². The summed E-state index contributed by atoms with van der Waals surface area (Å²) in [4.78, 5) is 21.1. The predicted molar refractivity (Wildman–Crippen MR) is 168 cm³/mol. The first-order chi connectivity index (χ1) is 20.8. The molecule has 0 radical (unpaired) electrons. The molecule has 5 nitrogen and oxygen atoms in total. The number of carbonyl (C=O) groups excluding carboxylic acids is 1. The summed E-state index contributed by atoms with van der Waals surface area (Å²) in [6, 6.07) is 23.0. The standard InChI is InChI=1S/C36H37FN2O3S/c1-23-38-31-11-6-25(17-32(31)43-23)24-4-3-5-28(16-24)39(33(40)35-18-26(19-35)30(37)20-35)21-34-12-14-36(15-13-34,42-22-34)27-7-9-29(41-2)10-8-27/h3-11,16-17,26,30H,12-15,18-22H2,1-2H3. The van der Waals surface area contributed by atoms with Crippen molar-refractivity contribution in [1.82, 2.24) is 4.98 Å². The highest BCUT2D eigenvalue weighted by Crippen LogP contribution is 2.61. The number of ether oxygens (including phenoxy) is 2. The van der Waals surface area contributed by atoms with Crippen LogP contribution in [0.15, 0.2) is 66.7 Å². The third-order valence-corrected chi connectivity index (χ3v) is 11.9. The summed E-state index contributed by atoms with van der Waals surface area (Å²) in [5.74, 6) is 0.990. The highest BCUT2D eigenvalue weighted by Gasteiger charge is 2.62. The van der Waals surface area contributed by atoms with E-state index in [1.807, 2.05) is 30.0 Å². The van der Waals surface area contributed by atoms with Crippen LogP contribution in [-0.2, 0) is 15.1 Å². The Labute approximate surface area is 256 Å². The summed E-state index contributed by atoms with van der Waals surface area (Å²) in [6.45, 7) is 3.25. The fourth-order valence-corrected chi connectivity index (χ4v) is 9.24. The van der Waals surface area contributed by atoms with Gasteiger partial charge in [-0.2, -0.15) is 0 Å². The fraction of sp³-hybridized carbons (Fsp3) is 0.444. The van der Waals surface area contributed by atoms with Crippen LogP contribution in [0.5, 0.6) is 5.75 Å². The molecule has 4 aliphatic carbocycles. The van der Waals surface area contributed by atoms with Gasteiger partial charge in [0.05, 0.1) is 40.0 Å².